The summed E-state index contributed by atoms with van der Waals surface area (Å²) >= 11 is 12.1. The summed E-state index contributed by atoms with van der Waals surface area (Å²) in [5.74, 6) is -0.615. The second-order valence-electron chi connectivity index (χ2n) is 5.73. The number of benzene rings is 2. The van der Waals surface area contributed by atoms with Gasteiger partial charge in [0.1, 0.15) is 12.2 Å². The van der Waals surface area contributed by atoms with E-state index in [0.717, 1.165) is 10.9 Å². The predicted octanol–water partition coefficient (Wildman–Crippen LogP) is 4.58. The average Bonchev–Trinajstić information content (AvgIpc) is 3.06. The van der Waals surface area contributed by atoms with E-state index in [-0.39, 0.29) is 18.4 Å². The number of likely N-dealkylation sites (N-methyl/N-ethyl adjacent to an activating group) is 1. The minimum atomic E-state index is -0.369. The Labute approximate surface area is 160 Å². The van der Waals surface area contributed by atoms with Crippen LogP contribution in [0.4, 0.5) is 5.69 Å². The molecule has 0 unspecified atom stereocenters. The fourth-order valence-corrected chi connectivity index (χ4v) is 3.15. The maximum atomic E-state index is 12.7. The quantitative estimate of drug-likeness (QED) is 0.670. The summed E-state index contributed by atoms with van der Waals surface area (Å²) in [5.41, 5.74) is 1.66. The number of fused-ring (bicyclic) bond motifs is 1. The molecule has 1 aromatic heterocycles. The third-order valence-corrected chi connectivity index (χ3v) is 4.62. The molecule has 0 spiro atoms. The lowest BCUT2D eigenvalue weighted by Gasteiger charge is -2.20. The van der Waals surface area contributed by atoms with Gasteiger partial charge in [0, 0.05) is 17.4 Å². The summed E-state index contributed by atoms with van der Waals surface area (Å²) in [5, 5.41) is 4.30. The molecule has 134 valence electrons. The van der Waals surface area contributed by atoms with Crippen LogP contribution in [0.25, 0.3) is 10.9 Å². The molecule has 0 aliphatic carbocycles. The minimum Gasteiger partial charge on any atom is -0.351 e. The van der Waals surface area contributed by atoms with Crippen molar-refractivity contribution in [2.75, 3.05) is 18.4 Å². The summed E-state index contributed by atoms with van der Waals surface area (Å²) < 4.78 is 0. The number of nitrogens with one attached hydrogen (secondary N) is 2. The lowest BCUT2D eigenvalue weighted by molar-refractivity contribution is -0.116. The molecular formula is C19H17Cl2N3O2. The highest BCUT2D eigenvalue weighted by molar-refractivity contribution is 6.39. The molecule has 2 amide bonds. The second-order valence-corrected chi connectivity index (χ2v) is 6.55. The van der Waals surface area contributed by atoms with Gasteiger partial charge in [-0.3, -0.25) is 9.59 Å². The van der Waals surface area contributed by atoms with E-state index in [9.17, 15) is 9.59 Å². The highest BCUT2D eigenvalue weighted by Crippen LogP contribution is 2.29. The fourth-order valence-electron chi connectivity index (χ4n) is 2.66. The van der Waals surface area contributed by atoms with E-state index in [1.165, 1.54) is 4.90 Å². The van der Waals surface area contributed by atoms with Crippen LogP contribution in [-0.2, 0) is 4.79 Å². The topological polar surface area (TPSA) is 65.2 Å². The zero-order chi connectivity index (χ0) is 18.7. The van der Waals surface area contributed by atoms with Gasteiger partial charge in [0.25, 0.3) is 5.91 Å². The van der Waals surface area contributed by atoms with Crippen molar-refractivity contribution in [1.29, 1.82) is 0 Å². The Hall–Kier alpha value is -2.50. The van der Waals surface area contributed by atoms with Crippen LogP contribution in [0, 0.1) is 0 Å². The highest BCUT2D eigenvalue weighted by atomic mass is 35.5. The number of H-pyrrole nitrogens is 1. The molecule has 3 aromatic rings. The third kappa shape index (κ3) is 3.84. The van der Waals surface area contributed by atoms with E-state index in [2.05, 4.69) is 10.3 Å². The highest BCUT2D eigenvalue weighted by Gasteiger charge is 2.20. The second kappa shape index (κ2) is 7.81. The number of rotatable bonds is 5. The van der Waals surface area contributed by atoms with Gasteiger partial charge in [-0.25, -0.2) is 0 Å². The van der Waals surface area contributed by atoms with E-state index in [4.69, 9.17) is 23.2 Å². The van der Waals surface area contributed by atoms with Crippen molar-refractivity contribution in [2.45, 2.75) is 6.92 Å². The van der Waals surface area contributed by atoms with Gasteiger partial charge in [-0.15, -0.1) is 0 Å². The number of aromatic nitrogens is 1. The number of anilines is 1. The average molecular weight is 390 g/mol. The number of aromatic amines is 1. The number of hydrogen-bond donors (Lipinski definition) is 2. The van der Waals surface area contributed by atoms with Gasteiger partial charge in [-0.1, -0.05) is 47.5 Å². The Kier molecular flexibility index (Phi) is 5.49. The van der Waals surface area contributed by atoms with Gasteiger partial charge in [0.2, 0.25) is 5.91 Å². The van der Waals surface area contributed by atoms with Crippen molar-refractivity contribution in [3.8, 4) is 0 Å². The van der Waals surface area contributed by atoms with Gasteiger partial charge in [-0.05, 0) is 31.2 Å². The molecule has 26 heavy (non-hydrogen) atoms. The van der Waals surface area contributed by atoms with Crippen molar-refractivity contribution in [1.82, 2.24) is 9.88 Å². The molecule has 1 heterocycles. The largest absolute Gasteiger partial charge is 0.351 e. The summed E-state index contributed by atoms with van der Waals surface area (Å²) in [6.45, 7) is 2.10. The van der Waals surface area contributed by atoms with E-state index < -0.39 is 0 Å². The molecule has 2 aromatic carbocycles. The smallest absolute Gasteiger partial charge is 0.270 e. The fraction of sp³-hybridized carbons (Fsp3) is 0.158. The van der Waals surface area contributed by atoms with Crippen LogP contribution < -0.4 is 5.32 Å². The van der Waals surface area contributed by atoms with Crippen LogP contribution in [-0.4, -0.2) is 34.8 Å². The molecule has 0 fully saturated rings. The van der Waals surface area contributed by atoms with Gasteiger partial charge < -0.3 is 15.2 Å². The maximum Gasteiger partial charge on any atom is 0.270 e. The lowest BCUT2D eigenvalue weighted by atomic mass is 10.2. The minimum absolute atomic E-state index is 0.105. The number of nitrogens with zero attached hydrogens (tertiary/aromatic N) is 1. The lowest BCUT2D eigenvalue weighted by Crippen LogP contribution is -2.38. The summed E-state index contributed by atoms with van der Waals surface area (Å²) in [6.07, 6.45) is 0. The first kappa shape index (κ1) is 18.3. The van der Waals surface area contributed by atoms with E-state index in [0.29, 0.717) is 28.0 Å². The Balaban J connectivity index is 1.74. The molecule has 3 rings (SSSR count). The molecular weight excluding hydrogens is 373 g/mol. The predicted molar refractivity (Wildman–Crippen MR) is 105 cm³/mol. The number of carbonyl (C=O) groups excluding carboxylic acids is 2. The van der Waals surface area contributed by atoms with Crippen molar-refractivity contribution in [3.63, 3.8) is 0 Å². The van der Waals surface area contributed by atoms with Crippen LogP contribution >= 0.6 is 23.2 Å². The first-order valence-corrected chi connectivity index (χ1v) is 8.86. The van der Waals surface area contributed by atoms with Crippen molar-refractivity contribution in [2.24, 2.45) is 0 Å². The Morgan fingerprint density at radius 1 is 1.08 bits per heavy atom. The Morgan fingerprint density at radius 3 is 2.42 bits per heavy atom. The molecule has 0 saturated heterocycles. The van der Waals surface area contributed by atoms with E-state index >= 15 is 0 Å². The summed E-state index contributed by atoms with van der Waals surface area (Å²) in [4.78, 5) is 29.6. The van der Waals surface area contributed by atoms with Gasteiger partial charge in [0.05, 0.1) is 15.7 Å². The molecule has 0 radical (unpaired) electrons. The molecule has 0 saturated carbocycles. The molecule has 7 heteroatoms. The Bertz CT molecular complexity index is 915. The zero-order valence-electron chi connectivity index (χ0n) is 14.1. The van der Waals surface area contributed by atoms with Crippen LogP contribution in [0.5, 0.6) is 0 Å². The zero-order valence-corrected chi connectivity index (χ0v) is 15.6. The van der Waals surface area contributed by atoms with E-state index in [1.54, 1.807) is 24.3 Å². The normalized spacial score (nSPS) is 10.7. The molecule has 0 aliphatic heterocycles. The first-order chi connectivity index (χ1) is 12.5. The molecule has 5 nitrogen and oxygen atoms in total. The number of carbonyl (C=O) groups is 2. The van der Waals surface area contributed by atoms with Crippen LogP contribution in [0.2, 0.25) is 10.0 Å². The SMILES string of the molecule is CCN(CC(=O)Nc1c(Cl)cccc1Cl)C(=O)c1cc2ccccc2[nH]1. The third-order valence-electron chi connectivity index (χ3n) is 3.99. The number of para-hydroxylation sites is 2. The van der Waals surface area contributed by atoms with Crippen LogP contribution in [0.3, 0.4) is 0 Å². The summed E-state index contributed by atoms with van der Waals surface area (Å²) in [6, 6.07) is 14.4. The van der Waals surface area contributed by atoms with Crippen molar-refractivity contribution < 1.29 is 9.59 Å². The Morgan fingerprint density at radius 2 is 1.77 bits per heavy atom. The van der Waals surface area contributed by atoms with E-state index in [1.807, 2.05) is 31.2 Å². The number of hydrogen-bond acceptors (Lipinski definition) is 2. The van der Waals surface area contributed by atoms with Crippen molar-refractivity contribution in [3.05, 3.63) is 64.3 Å². The van der Waals surface area contributed by atoms with Crippen molar-refractivity contribution >= 4 is 51.6 Å². The van der Waals surface area contributed by atoms with Crippen LogP contribution in [0.1, 0.15) is 17.4 Å². The number of halogens is 2. The maximum absolute atomic E-state index is 12.7. The molecule has 0 aliphatic rings. The van der Waals surface area contributed by atoms with Gasteiger partial charge in [0.15, 0.2) is 0 Å². The summed E-state index contributed by atoms with van der Waals surface area (Å²) in [7, 11) is 0. The molecule has 0 bridgehead atoms. The van der Waals surface area contributed by atoms with Crippen LogP contribution in [0.15, 0.2) is 48.5 Å². The standard InChI is InChI=1S/C19H17Cl2N3O2/c1-2-24(11-17(25)23-18-13(20)7-5-8-14(18)21)19(26)16-10-12-6-3-4-9-15(12)22-16/h3-10,22H,2,11H2,1H3,(H,23,25). The first-order valence-electron chi connectivity index (χ1n) is 8.10. The molecule has 2 N–H and O–H groups in total. The molecule has 0 atom stereocenters. The van der Waals surface area contributed by atoms with Gasteiger partial charge >= 0.3 is 0 Å². The van der Waals surface area contributed by atoms with Gasteiger partial charge in [-0.2, -0.15) is 0 Å². The monoisotopic (exact) mass is 389 g/mol. The number of amides is 2.